The Morgan fingerprint density at radius 1 is 1.42 bits per heavy atom. The highest BCUT2D eigenvalue weighted by atomic mass is 16.3. The van der Waals surface area contributed by atoms with Gasteiger partial charge in [-0.15, -0.1) is 0 Å². The summed E-state index contributed by atoms with van der Waals surface area (Å²) in [7, 11) is 0. The molecule has 1 rings (SSSR count). The first-order chi connectivity index (χ1) is 5.69. The SMILES string of the molecule is CCc1nn(CC)nc1C(C)O. The van der Waals surface area contributed by atoms with E-state index in [-0.39, 0.29) is 0 Å². The summed E-state index contributed by atoms with van der Waals surface area (Å²) >= 11 is 0. The van der Waals surface area contributed by atoms with Crippen LogP contribution >= 0.6 is 0 Å². The molecule has 1 heterocycles. The molecule has 0 aliphatic heterocycles. The zero-order valence-corrected chi connectivity index (χ0v) is 7.78. The van der Waals surface area contributed by atoms with Crippen LogP contribution < -0.4 is 0 Å². The van der Waals surface area contributed by atoms with Crippen LogP contribution in [0.4, 0.5) is 0 Å². The van der Waals surface area contributed by atoms with Crippen molar-refractivity contribution in [1.29, 1.82) is 0 Å². The molecule has 0 aliphatic carbocycles. The second-order valence-electron chi connectivity index (χ2n) is 2.75. The fourth-order valence-corrected chi connectivity index (χ4v) is 1.11. The van der Waals surface area contributed by atoms with Crippen molar-refractivity contribution < 1.29 is 5.11 Å². The Morgan fingerprint density at radius 2 is 2.08 bits per heavy atom. The standard InChI is InChI=1S/C8H15N3O/c1-4-7-8(6(3)12)10-11(5-2)9-7/h6,12H,4-5H2,1-3H3. The molecular weight excluding hydrogens is 154 g/mol. The van der Waals surface area contributed by atoms with Crippen LogP contribution in [0.25, 0.3) is 0 Å². The number of hydrogen-bond donors (Lipinski definition) is 1. The molecule has 1 N–H and O–H groups in total. The lowest BCUT2D eigenvalue weighted by atomic mass is 10.2. The lowest BCUT2D eigenvalue weighted by Crippen LogP contribution is -2.00. The fraction of sp³-hybridized carbons (Fsp3) is 0.750. The molecule has 4 nitrogen and oxygen atoms in total. The minimum absolute atomic E-state index is 0.514. The van der Waals surface area contributed by atoms with E-state index in [1.54, 1.807) is 11.7 Å². The molecule has 0 aliphatic rings. The Hall–Kier alpha value is -0.900. The summed E-state index contributed by atoms with van der Waals surface area (Å²) in [5.74, 6) is 0. The average Bonchev–Trinajstić information content (AvgIpc) is 2.47. The zero-order chi connectivity index (χ0) is 9.14. The first kappa shape index (κ1) is 9.19. The van der Waals surface area contributed by atoms with Gasteiger partial charge in [0.15, 0.2) is 0 Å². The lowest BCUT2D eigenvalue weighted by molar-refractivity contribution is 0.192. The third-order valence-corrected chi connectivity index (χ3v) is 1.77. The molecule has 0 spiro atoms. The van der Waals surface area contributed by atoms with Crippen LogP contribution in [0, 0.1) is 0 Å². The van der Waals surface area contributed by atoms with Gasteiger partial charge >= 0.3 is 0 Å². The number of aromatic nitrogens is 3. The highest BCUT2D eigenvalue weighted by Gasteiger charge is 2.12. The quantitative estimate of drug-likeness (QED) is 0.731. The maximum Gasteiger partial charge on any atom is 0.114 e. The van der Waals surface area contributed by atoms with Gasteiger partial charge in [-0.2, -0.15) is 15.0 Å². The normalized spacial score (nSPS) is 13.3. The molecule has 12 heavy (non-hydrogen) atoms. The van der Waals surface area contributed by atoms with Crippen LogP contribution in [-0.2, 0) is 13.0 Å². The van der Waals surface area contributed by atoms with Gasteiger partial charge in [-0.25, -0.2) is 0 Å². The molecule has 0 saturated carbocycles. The van der Waals surface area contributed by atoms with Crippen LogP contribution in [-0.4, -0.2) is 20.1 Å². The molecule has 0 fully saturated rings. The largest absolute Gasteiger partial charge is 0.387 e. The Balaban J connectivity index is 3.00. The Morgan fingerprint density at radius 3 is 2.42 bits per heavy atom. The first-order valence-corrected chi connectivity index (χ1v) is 4.31. The second-order valence-corrected chi connectivity index (χ2v) is 2.75. The molecule has 1 atom stereocenters. The van der Waals surface area contributed by atoms with Gasteiger partial charge in [0.05, 0.1) is 18.3 Å². The smallest absolute Gasteiger partial charge is 0.114 e. The highest BCUT2D eigenvalue weighted by Crippen LogP contribution is 2.13. The van der Waals surface area contributed by atoms with Crippen LogP contribution in [0.2, 0.25) is 0 Å². The number of aliphatic hydroxyl groups excluding tert-OH is 1. The molecule has 0 bridgehead atoms. The lowest BCUT2D eigenvalue weighted by Gasteiger charge is -1.98. The molecule has 0 amide bonds. The molecule has 0 aromatic carbocycles. The van der Waals surface area contributed by atoms with E-state index in [0.717, 1.165) is 18.7 Å². The minimum Gasteiger partial charge on any atom is -0.387 e. The Bertz CT molecular complexity index is 255. The van der Waals surface area contributed by atoms with Gasteiger partial charge < -0.3 is 5.11 Å². The summed E-state index contributed by atoms with van der Waals surface area (Å²) in [6.45, 7) is 6.45. The van der Waals surface area contributed by atoms with E-state index in [1.807, 2.05) is 13.8 Å². The van der Waals surface area contributed by atoms with Gasteiger partial charge in [-0.1, -0.05) is 6.92 Å². The van der Waals surface area contributed by atoms with Crippen molar-refractivity contribution in [1.82, 2.24) is 15.0 Å². The van der Waals surface area contributed by atoms with Gasteiger partial charge in [0.25, 0.3) is 0 Å². The minimum atomic E-state index is -0.514. The Kier molecular flexibility index (Phi) is 2.81. The van der Waals surface area contributed by atoms with E-state index in [4.69, 9.17) is 0 Å². The van der Waals surface area contributed by atoms with Gasteiger partial charge in [-0.3, -0.25) is 0 Å². The third kappa shape index (κ3) is 1.64. The molecule has 1 unspecified atom stereocenters. The summed E-state index contributed by atoms with van der Waals surface area (Å²) in [6.07, 6.45) is 0.306. The van der Waals surface area contributed by atoms with Crippen molar-refractivity contribution >= 4 is 0 Å². The predicted molar refractivity (Wildman–Crippen MR) is 45.7 cm³/mol. The number of rotatable bonds is 3. The van der Waals surface area contributed by atoms with Crippen LogP contribution in [0.1, 0.15) is 38.3 Å². The number of nitrogens with zero attached hydrogens (tertiary/aromatic N) is 3. The van der Waals surface area contributed by atoms with Gasteiger partial charge in [-0.05, 0) is 20.3 Å². The maximum absolute atomic E-state index is 9.33. The Labute approximate surface area is 72.2 Å². The van der Waals surface area contributed by atoms with Crippen molar-refractivity contribution in [2.24, 2.45) is 0 Å². The van der Waals surface area contributed by atoms with E-state index in [0.29, 0.717) is 5.69 Å². The third-order valence-electron chi connectivity index (χ3n) is 1.77. The molecule has 4 heteroatoms. The summed E-state index contributed by atoms with van der Waals surface area (Å²) in [6, 6.07) is 0. The van der Waals surface area contributed by atoms with E-state index in [1.165, 1.54) is 0 Å². The summed E-state index contributed by atoms with van der Waals surface area (Å²) < 4.78 is 0. The summed E-state index contributed by atoms with van der Waals surface area (Å²) in [5.41, 5.74) is 1.60. The monoisotopic (exact) mass is 169 g/mol. The molecule has 0 radical (unpaired) electrons. The number of hydrogen-bond acceptors (Lipinski definition) is 3. The molecular formula is C8H15N3O. The van der Waals surface area contributed by atoms with Crippen LogP contribution in [0.5, 0.6) is 0 Å². The average molecular weight is 169 g/mol. The van der Waals surface area contributed by atoms with E-state index in [2.05, 4.69) is 10.2 Å². The van der Waals surface area contributed by atoms with Crippen LogP contribution in [0.3, 0.4) is 0 Å². The number of aliphatic hydroxyl groups is 1. The fourth-order valence-electron chi connectivity index (χ4n) is 1.11. The molecule has 0 saturated heterocycles. The van der Waals surface area contributed by atoms with Gasteiger partial charge in [0.2, 0.25) is 0 Å². The predicted octanol–water partition coefficient (Wildman–Crippen LogP) is 0.914. The van der Waals surface area contributed by atoms with E-state index in [9.17, 15) is 5.11 Å². The molecule has 1 aromatic rings. The topological polar surface area (TPSA) is 50.9 Å². The second kappa shape index (κ2) is 3.67. The summed E-state index contributed by atoms with van der Waals surface area (Å²) in [5, 5.41) is 17.7. The highest BCUT2D eigenvalue weighted by molar-refractivity contribution is 5.10. The maximum atomic E-state index is 9.33. The van der Waals surface area contributed by atoms with Gasteiger partial charge in [0, 0.05) is 0 Å². The van der Waals surface area contributed by atoms with Crippen molar-refractivity contribution in [3.63, 3.8) is 0 Å². The van der Waals surface area contributed by atoms with Crippen molar-refractivity contribution in [3.05, 3.63) is 11.4 Å². The molecule has 68 valence electrons. The van der Waals surface area contributed by atoms with Crippen molar-refractivity contribution in [2.45, 2.75) is 39.8 Å². The van der Waals surface area contributed by atoms with E-state index >= 15 is 0 Å². The molecule has 1 aromatic heterocycles. The van der Waals surface area contributed by atoms with Gasteiger partial charge in [0.1, 0.15) is 5.69 Å². The number of aryl methyl sites for hydroxylation is 2. The zero-order valence-electron chi connectivity index (χ0n) is 7.78. The van der Waals surface area contributed by atoms with Crippen LogP contribution in [0.15, 0.2) is 0 Å². The van der Waals surface area contributed by atoms with Crippen molar-refractivity contribution in [2.75, 3.05) is 0 Å². The summed E-state index contributed by atoms with van der Waals surface area (Å²) in [4.78, 5) is 1.61. The van der Waals surface area contributed by atoms with Crippen molar-refractivity contribution in [3.8, 4) is 0 Å². The van der Waals surface area contributed by atoms with E-state index < -0.39 is 6.10 Å². The first-order valence-electron chi connectivity index (χ1n) is 4.31.